The lowest BCUT2D eigenvalue weighted by molar-refractivity contribution is -0.140. The molecule has 0 aromatic heterocycles. The minimum absolute atomic E-state index is 0.000717. The maximum atomic E-state index is 13.8. The van der Waals surface area contributed by atoms with E-state index >= 15 is 0 Å². The van der Waals surface area contributed by atoms with Gasteiger partial charge in [0, 0.05) is 32.2 Å². The second-order valence-corrected chi connectivity index (χ2v) is 12.2. The molecule has 1 aromatic rings. The number of ether oxygens (including phenoxy) is 1. The fourth-order valence-electron chi connectivity index (χ4n) is 5.99. The molecule has 8 heteroatoms. The molecular formula is C29H44N4O4. The van der Waals surface area contributed by atoms with E-state index in [1.54, 1.807) is 0 Å². The molecule has 0 radical (unpaired) electrons. The Bertz CT molecular complexity index is 960. The van der Waals surface area contributed by atoms with Gasteiger partial charge >= 0.3 is 6.09 Å². The molecule has 4 atom stereocenters. The zero-order chi connectivity index (χ0) is 26.7. The van der Waals surface area contributed by atoms with E-state index in [4.69, 9.17) is 4.74 Å². The van der Waals surface area contributed by atoms with Gasteiger partial charge in [0.25, 0.3) is 0 Å². The molecule has 3 fully saturated rings. The van der Waals surface area contributed by atoms with Crippen LogP contribution in [0.15, 0.2) is 30.3 Å². The third-order valence-corrected chi connectivity index (χ3v) is 7.89. The maximum Gasteiger partial charge on any atom is 0.410 e. The number of carbonyl (C=O) groups excluding carboxylic acids is 3. The second-order valence-electron chi connectivity index (χ2n) is 12.2. The molecule has 204 valence electrons. The van der Waals surface area contributed by atoms with E-state index in [9.17, 15) is 14.4 Å². The fourth-order valence-corrected chi connectivity index (χ4v) is 5.99. The zero-order valence-electron chi connectivity index (χ0n) is 23.1. The number of fused-ring (bicyclic) bond motifs is 1. The van der Waals surface area contributed by atoms with E-state index in [0.717, 1.165) is 45.4 Å². The monoisotopic (exact) mass is 512 g/mol. The summed E-state index contributed by atoms with van der Waals surface area (Å²) in [4.78, 5) is 45.9. The summed E-state index contributed by atoms with van der Waals surface area (Å²) in [5.74, 6) is 0.188. The van der Waals surface area contributed by atoms with Crippen LogP contribution in [0.2, 0.25) is 0 Å². The van der Waals surface area contributed by atoms with Crippen LogP contribution < -0.4 is 5.32 Å². The second kappa shape index (κ2) is 11.4. The number of nitrogens with one attached hydrogen (secondary N) is 1. The smallest absolute Gasteiger partial charge is 0.410 e. The van der Waals surface area contributed by atoms with Crippen LogP contribution >= 0.6 is 0 Å². The lowest BCUT2D eigenvalue weighted by Crippen LogP contribution is -2.58. The molecule has 3 saturated heterocycles. The third kappa shape index (κ3) is 6.64. The van der Waals surface area contributed by atoms with E-state index in [1.807, 2.05) is 45.6 Å². The highest BCUT2D eigenvalue weighted by Crippen LogP contribution is 2.33. The van der Waals surface area contributed by atoms with Crippen molar-refractivity contribution < 1.29 is 19.1 Å². The van der Waals surface area contributed by atoms with Crippen LogP contribution in [0.3, 0.4) is 0 Å². The number of nitrogens with zero attached hydrogens (tertiary/aromatic N) is 3. The Morgan fingerprint density at radius 2 is 1.70 bits per heavy atom. The quantitative estimate of drug-likeness (QED) is 0.629. The molecule has 0 aliphatic carbocycles. The van der Waals surface area contributed by atoms with Gasteiger partial charge in [-0.3, -0.25) is 19.4 Å². The van der Waals surface area contributed by atoms with Gasteiger partial charge in [0.2, 0.25) is 11.8 Å². The Balaban J connectivity index is 1.41. The third-order valence-electron chi connectivity index (χ3n) is 7.89. The molecule has 1 N–H and O–H groups in total. The SMILES string of the molecule is CC(C)[C@H](NC(=O)[C@@H]1CCCN1C(=O)OC(C)(C)C)C(=O)N1CCC2CCN(Cc3ccccc3)CC21. The van der Waals surface area contributed by atoms with Crippen LogP contribution in [0.1, 0.15) is 65.9 Å². The maximum absolute atomic E-state index is 13.8. The van der Waals surface area contributed by atoms with Crippen LogP contribution in [0.4, 0.5) is 4.79 Å². The van der Waals surface area contributed by atoms with Gasteiger partial charge in [0.15, 0.2) is 0 Å². The minimum Gasteiger partial charge on any atom is -0.444 e. The van der Waals surface area contributed by atoms with Crippen LogP contribution in [0.25, 0.3) is 0 Å². The Morgan fingerprint density at radius 3 is 2.38 bits per heavy atom. The normalized spacial score (nSPS) is 25.2. The molecule has 8 nitrogen and oxygen atoms in total. The summed E-state index contributed by atoms with van der Waals surface area (Å²) in [6, 6.07) is 9.42. The molecule has 3 aliphatic rings. The van der Waals surface area contributed by atoms with Crippen molar-refractivity contribution >= 4 is 17.9 Å². The average Bonchev–Trinajstić information content (AvgIpc) is 3.49. The summed E-state index contributed by atoms with van der Waals surface area (Å²) in [5.41, 5.74) is 0.660. The molecule has 3 aliphatic heterocycles. The molecule has 2 unspecified atom stereocenters. The number of likely N-dealkylation sites (tertiary alicyclic amines) is 3. The van der Waals surface area contributed by atoms with Crippen molar-refractivity contribution in [2.75, 3.05) is 26.2 Å². The number of benzene rings is 1. The molecule has 3 amide bonds. The first-order valence-corrected chi connectivity index (χ1v) is 13.9. The highest BCUT2D eigenvalue weighted by molar-refractivity contribution is 5.92. The topological polar surface area (TPSA) is 82.2 Å². The first-order valence-electron chi connectivity index (χ1n) is 13.9. The largest absolute Gasteiger partial charge is 0.444 e. The van der Waals surface area contributed by atoms with Crippen LogP contribution in [-0.4, -0.2) is 82.5 Å². The van der Waals surface area contributed by atoms with E-state index in [1.165, 1.54) is 10.5 Å². The lowest BCUT2D eigenvalue weighted by Gasteiger charge is -2.40. The van der Waals surface area contributed by atoms with Gasteiger partial charge in [-0.2, -0.15) is 0 Å². The van der Waals surface area contributed by atoms with Gasteiger partial charge in [-0.1, -0.05) is 44.2 Å². The van der Waals surface area contributed by atoms with E-state index in [-0.39, 0.29) is 23.8 Å². The Morgan fingerprint density at radius 1 is 1.00 bits per heavy atom. The van der Waals surface area contributed by atoms with Gasteiger partial charge in [-0.25, -0.2) is 4.79 Å². The summed E-state index contributed by atoms with van der Waals surface area (Å²) in [6.07, 6.45) is 2.95. The molecule has 3 heterocycles. The Hall–Kier alpha value is -2.61. The van der Waals surface area contributed by atoms with Gasteiger partial charge in [-0.05, 0) is 70.4 Å². The van der Waals surface area contributed by atoms with Crippen molar-refractivity contribution in [3.63, 3.8) is 0 Å². The molecule has 0 spiro atoms. The predicted octanol–water partition coefficient (Wildman–Crippen LogP) is 3.65. The highest BCUT2D eigenvalue weighted by Gasteiger charge is 2.44. The van der Waals surface area contributed by atoms with Crippen molar-refractivity contribution in [1.82, 2.24) is 20.0 Å². The molecular weight excluding hydrogens is 468 g/mol. The first kappa shape index (κ1) is 27.4. The van der Waals surface area contributed by atoms with E-state index < -0.39 is 23.8 Å². The summed E-state index contributed by atoms with van der Waals surface area (Å²) < 4.78 is 5.52. The first-order chi connectivity index (χ1) is 17.5. The van der Waals surface area contributed by atoms with Crippen molar-refractivity contribution in [2.24, 2.45) is 11.8 Å². The summed E-state index contributed by atoms with van der Waals surface area (Å²) in [7, 11) is 0. The fraction of sp³-hybridized carbons (Fsp3) is 0.690. The van der Waals surface area contributed by atoms with E-state index in [0.29, 0.717) is 18.9 Å². The number of carbonyl (C=O) groups is 3. The highest BCUT2D eigenvalue weighted by atomic mass is 16.6. The summed E-state index contributed by atoms with van der Waals surface area (Å²) in [5, 5.41) is 3.04. The standard InChI is InChI=1S/C29H44N4O4/c1-20(2)25(30-26(34)23-12-9-15-33(23)28(36)37-29(3,4)5)27(35)32-17-14-22-13-16-31(19-24(22)32)18-21-10-7-6-8-11-21/h6-8,10-11,20,22-25H,9,12-19H2,1-5H3,(H,30,34)/t22?,23-,24?,25-/m0/s1. The Labute approximate surface area is 221 Å². The van der Waals surface area contributed by atoms with Crippen molar-refractivity contribution in [3.8, 4) is 0 Å². The number of piperidine rings is 1. The summed E-state index contributed by atoms with van der Waals surface area (Å²) >= 11 is 0. The zero-order valence-corrected chi connectivity index (χ0v) is 23.1. The molecule has 0 bridgehead atoms. The number of hydrogen-bond donors (Lipinski definition) is 1. The molecule has 0 saturated carbocycles. The van der Waals surface area contributed by atoms with Crippen molar-refractivity contribution in [3.05, 3.63) is 35.9 Å². The van der Waals surface area contributed by atoms with Gasteiger partial charge < -0.3 is 15.0 Å². The lowest BCUT2D eigenvalue weighted by atomic mass is 9.91. The number of rotatable bonds is 6. The van der Waals surface area contributed by atoms with Crippen molar-refractivity contribution in [2.45, 2.75) is 90.6 Å². The number of amides is 3. The number of hydrogen-bond acceptors (Lipinski definition) is 5. The molecule has 1 aromatic carbocycles. The van der Waals surface area contributed by atoms with Crippen LogP contribution in [0.5, 0.6) is 0 Å². The summed E-state index contributed by atoms with van der Waals surface area (Å²) in [6.45, 7) is 13.4. The molecule has 4 rings (SSSR count). The van der Waals surface area contributed by atoms with Crippen LogP contribution in [0, 0.1) is 11.8 Å². The minimum atomic E-state index is -0.627. The van der Waals surface area contributed by atoms with Gasteiger partial charge in [0.1, 0.15) is 17.7 Å². The molecule has 37 heavy (non-hydrogen) atoms. The predicted molar refractivity (Wildman–Crippen MR) is 143 cm³/mol. The van der Waals surface area contributed by atoms with Crippen molar-refractivity contribution in [1.29, 1.82) is 0 Å². The Kier molecular flexibility index (Phi) is 8.46. The van der Waals surface area contributed by atoms with E-state index in [2.05, 4.69) is 34.5 Å². The van der Waals surface area contributed by atoms with Gasteiger partial charge in [0.05, 0.1) is 0 Å². The average molecular weight is 513 g/mol. The van der Waals surface area contributed by atoms with Crippen LogP contribution in [-0.2, 0) is 20.9 Å². The van der Waals surface area contributed by atoms with Gasteiger partial charge in [-0.15, -0.1) is 0 Å².